The van der Waals surface area contributed by atoms with Crippen LogP contribution in [-0.2, 0) is 4.74 Å². The molecule has 1 aromatic carbocycles. The van der Waals surface area contributed by atoms with Gasteiger partial charge in [-0.15, -0.1) is 11.3 Å². The molecule has 114 valence electrons. The van der Waals surface area contributed by atoms with Crippen molar-refractivity contribution in [2.24, 2.45) is 0 Å². The maximum absolute atomic E-state index is 5.77. The molecule has 1 fully saturated rings. The summed E-state index contributed by atoms with van der Waals surface area (Å²) in [5.74, 6) is 0. The van der Waals surface area contributed by atoms with E-state index in [9.17, 15) is 0 Å². The highest BCUT2D eigenvalue weighted by atomic mass is 79.9. The number of hydrogen-bond acceptors (Lipinski definition) is 3. The molecule has 0 saturated carbocycles. The van der Waals surface area contributed by atoms with E-state index >= 15 is 0 Å². The third-order valence-electron chi connectivity index (χ3n) is 4.21. The van der Waals surface area contributed by atoms with E-state index in [4.69, 9.17) is 4.74 Å². The molecule has 21 heavy (non-hydrogen) atoms. The van der Waals surface area contributed by atoms with Gasteiger partial charge >= 0.3 is 0 Å². The second kappa shape index (κ2) is 7.23. The molecule has 2 aromatic rings. The lowest BCUT2D eigenvalue weighted by Gasteiger charge is -2.19. The Morgan fingerprint density at radius 2 is 2.38 bits per heavy atom. The summed E-state index contributed by atoms with van der Waals surface area (Å²) in [5.41, 5.74) is 1.44. The molecule has 0 amide bonds. The molecular weight excluding hydrogens is 346 g/mol. The summed E-state index contributed by atoms with van der Waals surface area (Å²) in [5, 5.41) is 7.36. The minimum atomic E-state index is 0.433. The monoisotopic (exact) mass is 367 g/mol. The first-order valence-corrected chi connectivity index (χ1v) is 9.47. The van der Waals surface area contributed by atoms with E-state index in [1.165, 1.54) is 33.0 Å². The maximum atomic E-state index is 5.77. The second-order valence-electron chi connectivity index (χ2n) is 5.63. The fraction of sp³-hybridized carbons (Fsp3) is 0.529. The molecule has 2 unspecified atom stereocenters. The number of thiophene rings is 1. The van der Waals surface area contributed by atoms with Gasteiger partial charge in [0.2, 0.25) is 0 Å². The lowest BCUT2D eigenvalue weighted by Crippen LogP contribution is -2.22. The molecule has 0 bridgehead atoms. The van der Waals surface area contributed by atoms with Gasteiger partial charge in [0.15, 0.2) is 0 Å². The topological polar surface area (TPSA) is 21.3 Å². The SMILES string of the molecule is CCNC(CCC1CCCO1)c1csc2c(Br)cccc12. The lowest BCUT2D eigenvalue weighted by atomic mass is 9.98. The first-order chi connectivity index (χ1) is 10.3. The smallest absolute Gasteiger partial charge is 0.0576 e. The number of rotatable bonds is 6. The average molecular weight is 368 g/mol. The molecule has 1 saturated heterocycles. The quantitative estimate of drug-likeness (QED) is 0.750. The van der Waals surface area contributed by atoms with Gasteiger partial charge in [-0.1, -0.05) is 19.1 Å². The molecule has 2 heterocycles. The minimum Gasteiger partial charge on any atom is -0.378 e. The van der Waals surface area contributed by atoms with Crippen molar-refractivity contribution in [3.63, 3.8) is 0 Å². The van der Waals surface area contributed by atoms with Crippen LogP contribution in [0.3, 0.4) is 0 Å². The van der Waals surface area contributed by atoms with E-state index in [0.717, 1.165) is 26.0 Å². The Balaban J connectivity index is 1.79. The fourth-order valence-electron chi connectivity index (χ4n) is 3.15. The van der Waals surface area contributed by atoms with E-state index in [2.05, 4.69) is 51.7 Å². The number of nitrogens with one attached hydrogen (secondary N) is 1. The zero-order chi connectivity index (χ0) is 14.7. The minimum absolute atomic E-state index is 0.433. The predicted molar refractivity (Wildman–Crippen MR) is 94.2 cm³/mol. The van der Waals surface area contributed by atoms with Crippen LogP contribution in [0, 0.1) is 0 Å². The van der Waals surface area contributed by atoms with Gasteiger partial charge in [0.1, 0.15) is 0 Å². The van der Waals surface area contributed by atoms with Crippen LogP contribution in [-0.4, -0.2) is 19.3 Å². The summed E-state index contributed by atoms with van der Waals surface area (Å²) in [4.78, 5) is 0. The zero-order valence-electron chi connectivity index (χ0n) is 12.4. The number of fused-ring (bicyclic) bond motifs is 1. The summed E-state index contributed by atoms with van der Waals surface area (Å²) in [6.45, 7) is 4.13. The van der Waals surface area contributed by atoms with Crippen LogP contribution >= 0.6 is 27.3 Å². The number of halogens is 1. The van der Waals surface area contributed by atoms with Gasteiger partial charge in [-0.25, -0.2) is 0 Å². The van der Waals surface area contributed by atoms with Gasteiger partial charge in [0.25, 0.3) is 0 Å². The van der Waals surface area contributed by atoms with Crippen molar-refractivity contribution in [1.82, 2.24) is 5.32 Å². The zero-order valence-corrected chi connectivity index (χ0v) is 14.8. The summed E-state index contributed by atoms with van der Waals surface area (Å²) in [6.07, 6.45) is 5.24. The van der Waals surface area contributed by atoms with E-state index in [1.54, 1.807) is 0 Å². The highest BCUT2D eigenvalue weighted by Gasteiger charge is 2.20. The Hall–Kier alpha value is -0.420. The van der Waals surface area contributed by atoms with Gasteiger partial charge in [0, 0.05) is 21.8 Å². The number of benzene rings is 1. The molecule has 2 nitrogen and oxygen atoms in total. The highest BCUT2D eigenvalue weighted by Crippen LogP contribution is 2.37. The van der Waals surface area contributed by atoms with Crippen LogP contribution in [0.5, 0.6) is 0 Å². The third kappa shape index (κ3) is 3.50. The number of ether oxygens (including phenoxy) is 1. The van der Waals surface area contributed by atoms with Crippen molar-refractivity contribution in [2.75, 3.05) is 13.2 Å². The summed E-state index contributed by atoms with van der Waals surface area (Å²) in [6, 6.07) is 6.92. The molecule has 4 heteroatoms. The second-order valence-corrected chi connectivity index (χ2v) is 7.36. The Labute approximate surface area is 139 Å². The summed E-state index contributed by atoms with van der Waals surface area (Å²) in [7, 11) is 0. The van der Waals surface area contributed by atoms with E-state index in [-0.39, 0.29) is 0 Å². The average Bonchev–Trinajstić information content (AvgIpc) is 3.13. The maximum Gasteiger partial charge on any atom is 0.0576 e. The van der Waals surface area contributed by atoms with Crippen LogP contribution in [0.15, 0.2) is 28.1 Å². The van der Waals surface area contributed by atoms with Gasteiger partial charge < -0.3 is 10.1 Å². The molecule has 3 rings (SSSR count). The Bertz CT molecular complexity index is 591. The van der Waals surface area contributed by atoms with Gasteiger partial charge in [-0.3, -0.25) is 0 Å². The van der Waals surface area contributed by atoms with Crippen LogP contribution in [0.4, 0.5) is 0 Å². The largest absolute Gasteiger partial charge is 0.378 e. The summed E-state index contributed by atoms with van der Waals surface area (Å²) < 4.78 is 8.33. The van der Waals surface area contributed by atoms with Crippen molar-refractivity contribution in [1.29, 1.82) is 0 Å². The van der Waals surface area contributed by atoms with Gasteiger partial charge in [0.05, 0.1) is 6.10 Å². The fourth-order valence-corrected chi connectivity index (χ4v) is 4.83. The van der Waals surface area contributed by atoms with Crippen LogP contribution in [0.25, 0.3) is 10.1 Å². The first kappa shape index (κ1) is 15.5. The normalized spacial score (nSPS) is 20.2. The molecule has 2 atom stereocenters. The summed E-state index contributed by atoms with van der Waals surface area (Å²) >= 11 is 5.50. The Morgan fingerprint density at radius 1 is 1.48 bits per heavy atom. The molecule has 1 aliphatic rings. The first-order valence-electron chi connectivity index (χ1n) is 7.80. The lowest BCUT2D eigenvalue weighted by molar-refractivity contribution is 0.0997. The number of hydrogen-bond donors (Lipinski definition) is 1. The standard InChI is InChI=1S/C17H22BrNOS/c1-2-19-16(9-8-12-5-4-10-20-12)14-11-21-17-13(14)6-3-7-15(17)18/h3,6-7,11-12,16,19H,2,4-5,8-10H2,1H3. The molecule has 0 aliphatic carbocycles. The van der Waals surface area contributed by atoms with Crippen molar-refractivity contribution in [2.45, 2.75) is 44.8 Å². The molecule has 1 aliphatic heterocycles. The van der Waals surface area contributed by atoms with E-state index < -0.39 is 0 Å². The molecule has 1 N–H and O–H groups in total. The molecule has 1 aromatic heterocycles. The predicted octanol–water partition coefficient (Wildman–Crippen LogP) is 5.27. The van der Waals surface area contributed by atoms with E-state index in [1.807, 2.05) is 11.3 Å². The highest BCUT2D eigenvalue weighted by molar-refractivity contribution is 9.10. The molecule has 0 radical (unpaired) electrons. The molecular formula is C17H22BrNOS. The Morgan fingerprint density at radius 3 is 3.14 bits per heavy atom. The molecule has 0 spiro atoms. The van der Waals surface area contributed by atoms with Crippen LogP contribution < -0.4 is 5.32 Å². The van der Waals surface area contributed by atoms with Gasteiger partial charge in [-0.2, -0.15) is 0 Å². The van der Waals surface area contributed by atoms with Crippen LogP contribution in [0.2, 0.25) is 0 Å². The van der Waals surface area contributed by atoms with Crippen molar-refractivity contribution in [3.8, 4) is 0 Å². The van der Waals surface area contributed by atoms with Crippen molar-refractivity contribution in [3.05, 3.63) is 33.6 Å². The van der Waals surface area contributed by atoms with Crippen molar-refractivity contribution < 1.29 is 4.74 Å². The Kier molecular flexibility index (Phi) is 5.33. The van der Waals surface area contributed by atoms with Crippen molar-refractivity contribution >= 4 is 37.4 Å². The van der Waals surface area contributed by atoms with Crippen LogP contribution in [0.1, 0.15) is 44.2 Å². The van der Waals surface area contributed by atoms with E-state index in [0.29, 0.717) is 12.1 Å². The third-order valence-corrected chi connectivity index (χ3v) is 6.18. The van der Waals surface area contributed by atoms with Gasteiger partial charge in [-0.05, 0) is 70.6 Å².